The van der Waals surface area contributed by atoms with Gasteiger partial charge < -0.3 is 15.3 Å². The van der Waals surface area contributed by atoms with E-state index in [-0.39, 0.29) is 11.9 Å². The average Bonchev–Trinajstić information content (AvgIpc) is 2.38. The van der Waals surface area contributed by atoms with E-state index in [2.05, 4.69) is 24.1 Å². The summed E-state index contributed by atoms with van der Waals surface area (Å²) in [4.78, 5) is 2.24. The number of hydrogen-bond donors (Lipinski definition) is 2. The molecule has 1 aromatic carbocycles. The van der Waals surface area contributed by atoms with Gasteiger partial charge in [-0.25, -0.2) is 4.39 Å². The smallest absolute Gasteiger partial charge is 0.123 e. The number of nitrogens with one attached hydrogen (secondary N) is 1. The van der Waals surface area contributed by atoms with Gasteiger partial charge in [-0.3, -0.25) is 0 Å². The highest BCUT2D eigenvalue weighted by atomic mass is 19.1. The molecule has 106 valence electrons. The third-order valence-electron chi connectivity index (χ3n) is 3.55. The van der Waals surface area contributed by atoms with Crippen LogP contribution in [-0.4, -0.2) is 30.3 Å². The summed E-state index contributed by atoms with van der Waals surface area (Å²) < 4.78 is 13.4. The van der Waals surface area contributed by atoms with Crippen LogP contribution in [0.25, 0.3) is 0 Å². The van der Waals surface area contributed by atoms with Crippen LogP contribution >= 0.6 is 0 Å². The number of piperidine rings is 1. The third-order valence-corrected chi connectivity index (χ3v) is 3.55. The highest BCUT2D eigenvalue weighted by Gasteiger charge is 2.19. The van der Waals surface area contributed by atoms with Gasteiger partial charge in [-0.1, -0.05) is 13.8 Å². The molecule has 0 aliphatic carbocycles. The number of benzene rings is 1. The normalized spacial score (nSPS) is 17.2. The van der Waals surface area contributed by atoms with Gasteiger partial charge in [-0.05, 0) is 36.6 Å². The Bertz CT molecular complexity index is 415. The lowest BCUT2D eigenvalue weighted by Gasteiger charge is -2.33. The van der Waals surface area contributed by atoms with Gasteiger partial charge in [0.2, 0.25) is 0 Å². The summed E-state index contributed by atoms with van der Waals surface area (Å²) >= 11 is 0. The Morgan fingerprint density at radius 1 is 1.37 bits per heavy atom. The highest BCUT2D eigenvalue weighted by Crippen LogP contribution is 2.25. The molecule has 1 saturated heterocycles. The standard InChI is InChI=1S/C15H23FN2O/c1-11(2)17-10-12-9-13(16)3-4-15(12)18-7-5-14(19)6-8-18/h3-4,9,11,14,17,19H,5-8,10H2,1-2H3. The van der Waals surface area contributed by atoms with Gasteiger partial charge in [0.05, 0.1) is 6.10 Å². The van der Waals surface area contributed by atoms with Crippen LogP contribution in [0, 0.1) is 5.82 Å². The largest absolute Gasteiger partial charge is 0.393 e. The minimum absolute atomic E-state index is 0.186. The van der Waals surface area contributed by atoms with Crippen molar-refractivity contribution in [3.63, 3.8) is 0 Å². The Kier molecular flexibility index (Phi) is 4.77. The fraction of sp³-hybridized carbons (Fsp3) is 0.600. The second kappa shape index (κ2) is 6.35. The summed E-state index contributed by atoms with van der Waals surface area (Å²) in [6, 6.07) is 5.35. The van der Waals surface area contributed by atoms with Crippen LogP contribution in [-0.2, 0) is 6.54 Å². The molecule has 1 aliphatic rings. The Labute approximate surface area is 114 Å². The zero-order valence-electron chi connectivity index (χ0n) is 11.7. The van der Waals surface area contributed by atoms with Crippen LogP contribution in [0.2, 0.25) is 0 Å². The molecule has 0 saturated carbocycles. The van der Waals surface area contributed by atoms with E-state index in [1.165, 1.54) is 6.07 Å². The van der Waals surface area contributed by atoms with Crippen LogP contribution in [0.5, 0.6) is 0 Å². The fourth-order valence-corrected chi connectivity index (χ4v) is 2.43. The van der Waals surface area contributed by atoms with E-state index < -0.39 is 0 Å². The number of nitrogens with zero attached hydrogens (tertiary/aromatic N) is 1. The molecule has 0 radical (unpaired) electrons. The van der Waals surface area contributed by atoms with Crippen LogP contribution in [0.1, 0.15) is 32.3 Å². The van der Waals surface area contributed by atoms with Crippen LogP contribution in [0.3, 0.4) is 0 Å². The lowest BCUT2D eigenvalue weighted by atomic mass is 10.0. The number of anilines is 1. The third kappa shape index (κ3) is 3.91. The fourth-order valence-electron chi connectivity index (χ4n) is 2.43. The Morgan fingerprint density at radius 2 is 2.05 bits per heavy atom. The Balaban J connectivity index is 2.14. The zero-order valence-corrected chi connectivity index (χ0v) is 11.7. The van der Waals surface area contributed by atoms with Crippen molar-refractivity contribution in [2.45, 2.75) is 45.4 Å². The lowest BCUT2D eigenvalue weighted by Crippen LogP contribution is -2.36. The molecule has 2 N–H and O–H groups in total. The summed E-state index contributed by atoms with van der Waals surface area (Å²) in [5.74, 6) is -0.193. The van der Waals surface area contributed by atoms with Crippen molar-refractivity contribution in [1.82, 2.24) is 5.32 Å². The maximum absolute atomic E-state index is 13.4. The molecule has 1 aliphatic heterocycles. The molecule has 0 unspecified atom stereocenters. The molecule has 3 nitrogen and oxygen atoms in total. The Hall–Kier alpha value is -1.13. The van der Waals surface area contributed by atoms with Crippen LogP contribution in [0.15, 0.2) is 18.2 Å². The second-order valence-corrected chi connectivity index (χ2v) is 5.53. The van der Waals surface area contributed by atoms with E-state index in [9.17, 15) is 9.50 Å². The van der Waals surface area contributed by atoms with Crippen molar-refractivity contribution in [1.29, 1.82) is 0 Å². The summed E-state index contributed by atoms with van der Waals surface area (Å²) in [5.41, 5.74) is 2.08. The monoisotopic (exact) mass is 266 g/mol. The molecule has 0 atom stereocenters. The molecular weight excluding hydrogens is 243 g/mol. The molecule has 0 bridgehead atoms. The minimum Gasteiger partial charge on any atom is -0.393 e. The predicted octanol–water partition coefficient (Wildman–Crippen LogP) is 2.28. The van der Waals surface area contributed by atoms with Crippen molar-refractivity contribution in [2.75, 3.05) is 18.0 Å². The number of hydrogen-bond acceptors (Lipinski definition) is 3. The highest BCUT2D eigenvalue weighted by molar-refractivity contribution is 5.54. The van der Waals surface area contributed by atoms with Gasteiger partial charge in [0.1, 0.15) is 5.82 Å². The first-order chi connectivity index (χ1) is 9.06. The van der Waals surface area contributed by atoms with Crippen molar-refractivity contribution >= 4 is 5.69 Å². The molecule has 19 heavy (non-hydrogen) atoms. The number of rotatable bonds is 4. The van der Waals surface area contributed by atoms with Crippen molar-refractivity contribution in [2.24, 2.45) is 0 Å². The van der Waals surface area contributed by atoms with E-state index >= 15 is 0 Å². The maximum Gasteiger partial charge on any atom is 0.123 e. The van der Waals surface area contributed by atoms with E-state index in [0.717, 1.165) is 37.2 Å². The molecule has 0 spiro atoms. The van der Waals surface area contributed by atoms with E-state index in [1.54, 1.807) is 6.07 Å². The topological polar surface area (TPSA) is 35.5 Å². The molecule has 1 fully saturated rings. The maximum atomic E-state index is 13.4. The first-order valence-electron chi connectivity index (χ1n) is 7.01. The molecule has 0 aromatic heterocycles. The zero-order chi connectivity index (χ0) is 13.8. The minimum atomic E-state index is -0.193. The van der Waals surface area contributed by atoms with Crippen molar-refractivity contribution in [3.8, 4) is 0 Å². The van der Waals surface area contributed by atoms with Gasteiger partial charge in [0, 0.05) is 31.4 Å². The van der Waals surface area contributed by atoms with E-state index in [1.807, 2.05) is 6.07 Å². The molecule has 0 amide bonds. The average molecular weight is 266 g/mol. The van der Waals surface area contributed by atoms with Gasteiger partial charge in [-0.15, -0.1) is 0 Å². The molecule has 2 rings (SSSR count). The molecular formula is C15H23FN2O. The summed E-state index contributed by atoms with van der Waals surface area (Å²) in [5, 5.41) is 12.9. The summed E-state index contributed by atoms with van der Waals surface area (Å²) in [7, 11) is 0. The van der Waals surface area contributed by atoms with Gasteiger partial charge in [0.15, 0.2) is 0 Å². The van der Waals surface area contributed by atoms with E-state index in [0.29, 0.717) is 12.6 Å². The van der Waals surface area contributed by atoms with Gasteiger partial charge in [0.25, 0.3) is 0 Å². The SMILES string of the molecule is CC(C)NCc1cc(F)ccc1N1CCC(O)CC1. The number of aliphatic hydroxyl groups is 1. The second-order valence-electron chi connectivity index (χ2n) is 5.53. The molecule has 1 heterocycles. The number of halogens is 1. The molecule has 4 heteroatoms. The first kappa shape index (κ1) is 14.3. The number of aliphatic hydroxyl groups excluding tert-OH is 1. The van der Waals surface area contributed by atoms with Crippen LogP contribution < -0.4 is 10.2 Å². The van der Waals surface area contributed by atoms with Gasteiger partial charge >= 0.3 is 0 Å². The summed E-state index contributed by atoms with van der Waals surface area (Å²) in [6.07, 6.45) is 1.39. The van der Waals surface area contributed by atoms with Crippen molar-refractivity contribution in [3.05, 3.63) is 29.6 Å². The predicted molar refractivity (Wildman–Crippen MR) is 75.8 cm³/mol. The first-order valence-corrected chi connectivity index (χ1v) is 7.01. The van der Waals surface area contributed by atoms with E-state index in [4.69, 9.17) is 0 Å². The lowest BCUT2D eigenvalue weighted by molar-refractivity contribution is 0.145. The summed E-state index contributed by atoms with van der Waals surface area (Å²) in [6.45, 7) is 6.50. The molecule has 1 aromatic rings. The van der Waals surface area contributed by atoms with Gasteiger partial charge in [-0.2, -0.15) is 0 Å². The quantitative estimate of drug-likeness (QED) is 0.877. The van der Waals surface area contributed by atoms with Crippen LogP contribution in [0.4, 0.5) is 10.1 Å². The Morgan fingerprint density at radius 3 is 2.68 bits per heavy atom. The van der Waals surface area contributed by atoms with Crippen molar-refractivity contribution < 1.29 is 9.50 Å².